The van der Waals surface area contributed by atoms with Crippen molar-refractivity contribution in [2.75, 3.05) is 13.1 Å². The van der Waals surface area contributed by atoms with Crippen molar-refractivity contribution in [3.8, 4) is 0 Å². The molecule has 0 aromatic heterocycles. The van der Waals surface area contributed by atoms with E-state index in [2.05, 4.69) is 0 Å². The molecule has 74 valence electrons. The summed E-state index contributed by atoms with van der Waals surface area (Å²) in [6.45, 7) is 3.09. The fourth-order valence-electron chi connectivity index (χ4n) is 1.45. The monoisotopic (exact) mass is 200 g/mol. The van der Waals surface area contributed by atoms with Gasteiger partial charge < -0.3 is 10.6 Å². The van der Waals surface area contributed by atoms with E-state index in [1.807, 2.05) is 6.92 Å². The Morgan fingerprint density at radius 2 is 2.23 bits per heavy atom. The summed E-state index contributed by atoms with van der Waals surface area (Å²) in [4.78, 5) is 13.8. The Balaban J connectivity index is 2.44. The van der Waals surface area contributed by atoms with Gasteiger partial charge in [-0.05, 0) is 19.8 Å². The Bertz CT molecular complexity index is 214. The van der Waals surface area contributed by atoms with Gasteiger partial charge in [0.25, 0.3) is 0 Å². The van der Waals surface area contributed by atoms with Crippen LogP contribution in [-0.4, -0.2) is 28.9 Å². The Morgan fingerprint density at radius 1 is 1.62 bits per heavy atom. The Hall–Kier alpha value is -0.640. The van der Waals surface area contributed by atoms with Gasteiger partial charge in [0.2, 0.25) is 5.91 Å². The normalized spacial score (nSPS) is 16.4. The van der Waals surface area contributed by atoms with Crippen molar-refractivity contribution < 1.29 is 4.79 Å². The Labute approximate surface area is 84.3 Å². The summed E-state index contributed by atoms with van der Waals surface area (Å²) >= 11 is 4.78. The van der Waals surface area contributed by atoms with Crippen LogP contribution in [0.25, 0.3) is 0 Å². The molecule has 3 nitrogen and oxygen atoms in total. The lowest BCUT2D eigenvalue weighted by Gasteiger charge is -2.30. The highest BCUT2D eigenvalue weighted by atomic mass is 32.1. The summed E-state index contributed by atoms with van der Waals surface area (Å²) in [7, 11) is 0. The van der Waals surface area contributed by atoms with E-state index < -0.39 is 0 Å². The molecule has 0 aromatic carbocycles. The van der Waals surface area contributed by atoms with Crippen LogP contribution in [0.15, 0.2) is 0 Å². The number of thiocarbonyl (C=S) groups is 1. The smallest absolute Gasteiger partial charge is 0.226 e. The van der Waals surface area contributed by atoms with Crippen LogP contribution in [0.3, 0.4) is 0 Å². The van der Waals surface area contributed by atoms with Gasteiger partial charge in [-0.3, -0.25) is 4.79 Å². The molecule has 0 bridgehead atoms. The van der Waals surface area contributed by atoms with Crippen molar-refractivity contribution >= 4 is 23.1 Å². The maximum atomic E-state index is 11.7. The van der Waals surface area contributed by atoms with E-state index in [1.165, 1.54) is 6.42 Å². The molecule has 0 spiro atoms. The van der Waals surface area contributed by atoms with E-state index in [1.54, 1.807) is 4.90 Å². The molecule has 1 aliphatic rings. The lowest BCUT2D eigenvalue weighted by atomic mass is 9.84. The van der Waals surface area contributed by atoms with Gasteiger partial charge in [0.05, 0.1) is 11.5 Å². The highest BCUT2D eigenvalue weighted by Gasteiger charge is 2.28. The van der Waals surface area contributed by atoms with Crippen molar-refractivity contribution in [3.05, 3.63) is 0 Å². The summed E-state index contributed by atoms with van der Waals surface area (Å²) < 4.78 is 0. The molecule has 0 atom stereocenters. The van der Waals surface area contributed by atoms with Gasteiger partial charge >= 0.3 is 0 Å². The first-order chi connectivity index (χ1) is 6.15. The second kappa shape index (κ2) is 4.56. The molecule has 4 heteroatoms. The molecule has 1 rings (SSSR count). The van der Waals surface area contributed by atoms with Crippen LogP contribution in [0.1, 0.15) is 26.2 Å². The van der Waals surface area contributed by atoms with Gasteiger partial charge in [-0.15, -0.1) is 0 Å². The largest absolute Gasteiger partial charge is 0.392 e. The average Bonchev–Trinajstić information content (AvgIpc) is 1.96. The van der Waals surface area contributed by atoms with Crippen molar-refractivity contribution in [1.82, 2.24) is 4.90 Å². The molecule has 0 aromatic rings. The van der Waals surface area contributed by atoms with Crippen LogP contribution in [0.4, 0.5) is 0 Å². The lowest BCUT2D eigenvalue weighted by Crippen LogP contribution is -2.42. The van der Waals surface area contributed by atoms with Crippen molar-refractivity contribution in [2.45, 2.75) is 26.2 Å². The SMILES string of the molecule is CCN(CC(N)=S)C(=O)C1CCC1. The standard InChI is InChI=1S/C9H16N2OS/c1-2-11(6-8(10)13)9(12)7-4-3-5-7/h7H,2-6H2,1H3,(H2,10,13). The Morgan fingerprint density at radius 3 is 2.54 bits per heavy atom. The summed E-state index contributed by atoms with van der Waals surface area (Å²) in [5.41, 5.74) is 5.40. The van der Waals surface area contributed by atoms with Gasteiger partial charge in [0.15, 0.2) is 0 Å². The molecule has 0 aliphatic heterocycles. The number of nitrogens with zero attached hydrogens (tertiary/aromatic N) is 1. The zero-order valence-corrected chi connectivity index (χ0v) is 8.77. The lowest BCUT2D eigenvalue weighted by molar-refractivity contribution is -0.137. The van der Waals surface area contributed by atoms with Crippen LogP contribution in [-0.2, 0) is 4.79 Å². The molecule has 1 amide bonds. The van der Waals surface area contributed by atoms with E-state index in [-0.39, 0.29) is 11.8 Å². The van der Waals surface area contributed by atoms with Gasteiger partial charge in [0.1, 0.15) is 0 Å². The second-order valence-electron chi connectivity index (χ2n) is 3.45. The number of hydrogen-bond donors (Lipinski definition) is 1. The first-order valence-electron chi connectivity index (χ1n) is 4.72. The minimum Gasteiger partial charge on any atom is -0.392 e. The number of amides is 1. The number of rotatable bonds is 4. The summed E-state index contributed by atoms with van der Waals surface area (Å²) in [5, 5.41) is 0. The van der Waals surface area contributed by atoms with Crippen molar-refractivity contribution in [1.29, 1.82) is 0 Å². The summed E-state index contributed by atoms with van der Waals surface area (Å²) in [6, 6.07) is 0. The first kappa shape index (κ1) is 10.4. The molecular formula is C9H16N2OS. The third kappa shape index (κ3) is 2.66. The molecule has 1 fully saturated rings. The molecule has 2 N–H and O–H groups in total. The highest BCUT2D eigenvalue weighted by Crippen LogP contribution is 2.28. The molecule has 1 saturated carbocycles. The van der Waals surface area contributed by atoms with Gasteiger partial charge in [0, 0.05) is 12.5 Å². The van der Waals surface area contributed by atoms with E-state index in [9.17, 15) is 4.79 Å². The van der Waals surface area contributed by atoms with Crippen LogP contribution < -0.4 is 5.73 Å². The quantitative estimate of drug-likeness (QED) is 0.686. The third-order valence-corrected chi connectivity index (χ3v) is 2.62. The number of nitrogens with two attached hydrogens (primary N) is 1. The van der Waals surface area contributed by atoms with Crippen molar-refractivity contribution in [2.24, 2.45) is 11.7 Å². The average molecular weight is 200 g/mol. The molecule has 0 saturated heterocycles. The second-order valence-corrected chi connectivity index (χ2v) is 3.97. The molecule has 1 aliphatic carbocycles. The van der Waals surface area contributed by atoms with Gasteiger partial charge in [-0.1, -0.05) is 18.6 Å². The topological polar surface area (TPSA) is 46.3 Å². The molecule has 0 unspecified atom stereocenters. The van der Waals surface area contributed by atoms with Gasteiger partial charge in [-0.2, -0.15) is 0 Å². The molecule has 13 heavy (non-hydrogen) atoms. The van der Waals surface area contributed by atoms with E-state index in [0.717, 1.165) is 12.8 Å². The van der Waals surface area contributed by atoms with Crippen LogP contribution in [0.5, 0.6) is 0 Å². The third-order valence-electron chi connectivity index (χ3n) is 2.49. The highest BCUT2D eigenvalue weighted by molar-refractivity contribution is 7.80. The van der Waals surface area contributed by atoms with Crippen LogP contribution >= 0.6 is 12.2 Å². The van der Waals surface area contributed by atoms with Crippen LogP contribution in [0.2, 0.25) is 0 Å². The fourth-order valence-corrected chi connectivity index (χ4v) is 1.60. The maximum absolute atomic E-state index is 11.7. The molecule has 0 heterocycles. The number of hydrogen-bond acceptors (Lipinski definition) is 2. The zero-order valence-electron chi connectivity index (χ0n) is 7.95. The molecule has 0 radical (unpaired) electrons. The minimum absolute atomic E-state index is 0.224. The van der Waals surface area contributed by atoms with E-state index >= 15 is 0 Å². The van der Waals surface area contributed by atoms with E-state index in [4.69, 9.17) is 18.0 Å². The van der Waals surface area contributed by atoms with Gasteiger partial charge in [-0.25, -0.2) is 0 Å². The molecular weight excluding hydrogens is 184 g/mol. The number of carbonyl (C=O) groups is 1. The fraction of sp³-hybridized carbons (Fsp3) is 0.778. The first-order valence-corrected chi connectivity index (χ1v) is 5.13. The zero-order chi connectivity index (χ0) is 9.84. The van der Waals surface area contributed by atoms with Crippen LogP contribution in [0, 0.1) is 5.92 Å². The van der Waals surface area contributed by atoms with E-state index in [0.29, 0.717) is 18.1 Å². The summed E-state index contributed by atoms with van der Waals surface area (Å²) in [5.74, 6) is 0.468. The maximum Gasteiger partial charge on any atom is 0.226 e. The van der Waals surface area contributed by atoms with Crippen molar-refractivity contribution in [3.63, 3.8) is 0 Å². The summed E-state index contributed by atoms with van der Waals surface area (Å²) in [6.07, 6.45) is 3.25. The Kier molecular flexibility index (Phi) is 3.66. The predicted molar refractivity (Wildman–Crippen MR) is 56.4 cm³/mol. The number of carbonyl (C=O) groups excluding carboxylic acids is 1. The number of likely N-dealkylation sites (N-methyl/N-ethyl adjacent to an activating group) is 1. The predicted octanol–water partition coefficient (Wildman–Crippen LogP) is 0.921. The minimum atomic E-state index is 0.224.